The molecule has 15 heavy (non-hydrogen) atoms. The Morgan fingerprint density at radius 3 is 2.80 bits per heavy atom. The molecule has 0 aromatic rings. The van der Waals surface area contributed by atoms with Crippen molar-refractivity contribution in [1.29, 1.82) is 5.26 Å². The molecule has 0 spiro atoms. The van der Waals surface area contributed by atoms with E-state index >= 15 is 0 Å². The van der Waals surface area contributed by atoms with Gasteiger partial charge in [0.15, 0.2) is 0 Å². The summed E-state index contributed by atoms with van der Waals surface area (Å²) in [5.74, 6) is 0. The number of nitrogens with one attached hydrogen (secondary N) is 1. The largest absolute Gasteiger partial charge is 0.378 e. The zero-order valence-electron chi connectivity index (χ0n) is 9.33. The van der Waals surface area contributed by atoms with Crippen LogP contribution in [0, 0.1) is 11.3 Å². The van der Waals surface area contributed by atoms with E-state index in [-0.39, 0.29) is 11.6 Å². The first-order valence-electron chi connectivity index (χ1n) is 5.75. The van der Waals surface area contributed by atoms with Gasteiger partial charge in [0, 0.05) is 45.6 Å². The Morgan fingerprint density at radius 2 is 2.20 bits per heavy atom. The van der Waals surface area contributed by atoms with E-state index in [4.69, 9.17) is 4.74 Å². The van der Waals surface area contributed by atoms with E-state index in [2.05, 4.69) is 23.2 Å². The molecule has 0 bridgehead atoms. The van der Waals surface area contributed by atoms with Gasteiger partial charge < -0.3 is 10.1 Å². The molecule has 2 heterocycles. The molecule has 0 aromatic heterocycles. The van der Waals surface area contributed by atoms with E-state index in [1.165, 1.54) is 0 Å². The van der Waals surface area contributed by atoms with Crippen molar-refractivity contribution in [2.75, 3.05) is 32.8 Å². The van der Waals surface area contributed by atoms with E-state index < -0.39 is 0 Å². The number of ether oxygens (including phenoxy) is 1. The second-order valence-corrected chi connectivity index (χ2v) is 4.52. The Kier molecular flexibility index (Phi) is 3.25. The number of nitriles is 1. The molecule has 0 amide bonds. The molecule has 0 radical (unpaired) electrons. The predicted octanol–water partition coefficient (Wildman–Crippen LogP) is 0.353. The summed E-state index contributed by atoms with van der Waals surface area (Å²) in [5, 5.41) is 12.8. The second-order valence-electron chi connectivity index (χ2n) is 4.52. The Hall–Kier alpha value is -0.630. The van der Waals surface area contributed by atoms with Crippen molar-refractivity contribution < 1.29 is 4.74 Å². The fraction of sp³-hybridized carbons (Fsp3) is 0.909. The molecule has 4 nitrogen and oxygen atoms in total. The van der Waals surface area contributed by atoms with E-state index in [9.17, 15) is 5.26 Å². The van der Waals surface area contributed by atoms with Crippen LogP contribution >= 0.6 is 0 Å². The smallest absolute Gasteiger partial charge is 0.114 e. The van der Waals surface area contributed by atoms with Crippen LogP contribution < -0.4 is 5.32 Å². The Bertz CT molecular complexity index is 257. The highest BCUT2D eigenvalue weighted by Gasteiger charge is 2.41. The number of rotatable bonds is 1. The molecule has 0 aliphatic carbocycles. The molecular weight excluding hydrogens is 190 g/mol. The van der Waals surface area contributed by atoms with Gasteiger partial charge >= 0.3 is 0 Å². The summed E-state index contributed by atoms with van der Waals surface area (Å²) in [6.45, 7) is 6.75. The van der Waals surface area contributed by atoms with Gasteiger partial charge in [-0.25, -0.2) is 0 Å². The number of hydrogen-bond donors (Lipinski definition) is 1. The lowest BCUT2D eigenvalue weighted by atomic mass is 9.86. The number of hydrogen-bond acceptors (Lipinski definition) is 4. The third-order valence-corrected chi connectivity index (χ3v) is 3.47. The third kappa shape index (κ3) is 2.15. The monoisotopic (exact) mass is 209 g/mol. The molecule has 84 valence electrons. The van der Waals surface area contributed by atoms with E-state index in [0.29, 0.717) is 0 Å². The third-order valence-electron chi connectivity index (χ3n) is 3.47. The van der Waals surface area contributed by atoms with Gasteiger partial charge in [-0.15, -0.1) is 0 Å². The second kappa shape index (κ2) is 4.48. The Balaban J connectivity index is 2.09. The lowest BCUT2D eigenvalue weighted by Gasteiger charge is -2.44. The zero-order chi connectivity index (χ0) is 10.7. The molecule has 0 saturated carbocycles. The summed E-state index contributed by atoms with van der Waals surface area (Å²) in [6, 6.07) is 2.54. The average molecular weight is 209 g/mol. The molecule has 1 N–H and O–H groups in total. The Morgan fingerprint density at radius 1 is 1.47 bits per heavy atom. The van der Waals surface area contributed by atoms with E-state index in [0.717, 1.165) is 45.6 Å². The molecule has 2 saturated heterocycles. The first-order chi connectivity index (χ1) is 7.27. The molecule has 2 rings (SSSR count). The lowest BCUT2D eigenvalue weighted by molar-refractivity contribution is -0.0468. The van der Waals surface area contributed by atoms with Crippen LogP contribution in [0.4, 0.5) is 0 Å². The van der Waals surface area contributed by atoms with Gasteiger partial charge in [-0.3, -0.25) is 4.90 Å². The highest BCUT2D eigenvalue weighted by atomic mass is 16.5. The van der Waals surface area contributed by atoms with Crippen LogP contribution in [-0.2, 0) is 4.74 Å². The minimum absolute atomic E-state index is 0.216. The maximum atomic E-state index is 9.44. The van der Waals surface area contributed by atoms with Gasteiger partial charge in [0.05, 0.1) is 12.2 Å². The molecule has 4 heteroatoms. The van der Waals surface area contributed by atoms with Gasteiger partial charge in [0.2, 0.25) is 0 Å². The van der Waals surface area contributed by atoms with Gasteiger partial charge in [-0.1, -0.05) is 0 Å². The van der Waals surface area contributed by atoms with E-state index in [1.807, 2.05) is 0 Å². The van der Waals surface area contributed by atoms with Gasteiger partial charge in [0.25, 0.3) is 0 Å². The molecule has 2 fully saturated rings. The van der Waals surface area contributed by atoms with Crippen LogP contribution in [-0.4, -0.2) is 49.3 Å². The van der Waals surface area contributed by atoms with Crippen molar-refractivity contribution in [3.63, 3.8) is 0 Å². The van der Waals surface area contributed by atoms with Crippen LogP contribution in [0.5, 0.6) is 0 Å². The summed E-state index contributed by atoms with van der Waals surface area (Å²) in [4.78, 5) is 2.34. The van der Waals surface area contributed by atoms with Crippen LogP contribution in [0.1, 0.15) is 19.8 Å². The SMILES string of the molecule is CC1CC(C#N)(N2CCNCC2)CCO1. The van der Waals surface area contributed by atoms with Gasteiger partial charge in [0.1, 0.15) is 5.54 Å². The highest BCUT2D eigenvalue weighted by molar-refractivity contribution is 5.11. The summed E-state index contributed by atoms with van der Waals surface area (Å²) in [7, 11) is 0. The maximum absolute atomic E-state index is 9.44. The lowest BCUT2D eigenvalue weighted by Crippen LogP contribution is -2.58. The summed E-state index contributed by atoms with van der Waals surface area (Å²) in [6.07, 6.45) is 1.92. The molecule has 2 unspecified atom stereocenters. The minimum atomic E-state index is -0.264. The zero-order valence-corrected chi connectivity index (χ0v) is 9.33. The van der Waals surface area contributed by atoms with Gasteiger partial charge in [-0.05, 0) is 6.92 Å². The predicted molar refractivity (Wildman–Crippen MR) is 57.4 cm³/mol. The fourth-order valence-corrected chi connectivity index (χ4v) is 2.62. The topological polar surface area (TPSA) is 48.3 Å². The number of piperazine rings is 1. The van der Waals surface area contributed by atoms with Crippen LogP contribution in [0.25, 0.3) is 0 Å². The van der Waals surface area contributed by atoms with E-state index in [1.54, 1.807) is 0 Å². The Labute approximate surface area is 91.2 Å². The molecule has 2 atom stereocenters. The standard InChI is InChI=1S/C11H19N3O/c1-10-8-11(9-12,2-7-15-10)14-5-3-13-4-6-14/h10,13H,2-8H2,1H3. The normalized spacial score (nSPS) is 38.5. The van der Waals surface area contributed by atoms with Crippen molar-refractivity contribution in [3.05, 3.63) is 0 Å². The molecule has 2 aliphatic heterocycles. The highest BCUT2D eigenvalue weighted by Crippen LogP contribution is 2.30. The van der Waals surface area contributed by atoms with Crippen LogP contribution in [0.3, 0.4) is 0 Å². The van der Waals surface area contributed by atoms with Crippen molar-refractivity contribution >= 4 is 0 Å². The summed E-state index contributed by atoms with van der Waals surface area (Å²) in [5.41, 5.74) is -0.264. The van der Waals surface area contributed by atoms with Crippen molar-refractivity contribution in [2.24, 2.45) is 0 Å². The average Bonchev–Trinajstić information content (AvgIpc) is 2.30. The van der Waals surface area contributed by atoms with Crippen LogP contribution in [0.15, 0.2) is 0 Å². The van der Waals surface area contributed by atoms with Crippen molar-refractivity contribution in [2.45, 2.75) is 31.4 Å². The molecule has 0 aromatic carbocycles. The first-order valence-corrected chi connectivity index (χ1v) is 5.75. The minimum Gasteiger partial charge on any atom is -0.378 e. The summed E-state index contributed by atoms with van der Waals surface area (Å²) >= 11 is 0. The van der Waals surface area contributed by atoms with Crippen molar-refractivity contribution in [1.82, 2.24) is 10.2 Å². The van der Waals surface area contributed by atoms with Crippen molar-refractivity contribution in [3.8, 4) is 6.07 Å². The molecular formula is C11H19N3O. The first kappa shape index (κ1) is 10.9. The summed E-state index contributed by atoms with van der Waals surface area (Å²) < 4.78 is 5.53. The quantitative estimate of drug-likeness (QED) is 0.677. The van der Waals surface area contributed by atoms with Gasteiger partial charge in [-0.2, -0.15) is 5.26 Å². The fourth-order valence-electron chi connectivity index (χ4n) is 2.62. The maximum Gasteiger partial charge on any atom is 0.114 e. The molecule has 2 aliphatic rings. The number of nitrogens with zero attached hydrogens (tertiary/aromatic N) is 2. The van der Waals surface area contributed by atoms with Crippen LogP contribution in [0.2, 0.25) is 0 Å².